The molecule has 0 spiro atoms. The van der Waals surface area contributed by atoms with Crippen molar-refractivity contribution >= 4 is 15.8 Å². The van der Waals surface area contributed by atoms with Crippen molar-refractivity contribution in [2.24, 2.45) is 5.92 Å². The largest absolute Gasteiger partial charge is 0.481 e. The molecule has 0 bridgehead atoms. The van der Waals surface area contributed by atoms with E-state index in [1.807, 2.05) is 6.07 Å². The van der Waals surface area contributed by atoms with Crippen molar-refractivity contribution in [2.75, 3.05) is 5.75 Å². The van der Waals surface area contributed by atoms with Gasteiger partial charge < -0.3 is 5.11 Å². The average molecular weight is 254 g/mol. The van der Waals surface area contributed by atoms with Crippen molar-refractivity contribution in [1.82, 2.24) is 0 Å². The second kappa shape index (κ2) is 4.14. The van der Waals surface area contributed by atoms with Crippen LogP contribution in [0.5, 0.6) is 0 Å². The number of hydrogen-bond acceptors (Lipinski definition) is 3. The molecule has 2 rings (SSSR count). The van der Waals surface area contributed by atoms with Gasteiger partial charge in [-0.25, -0.2) is 8.42 Å². The Morgan fingerprint density at radius 3 is 2.35 bits per heavy atom. The SMILES string of the molecule is CCS(=O)(=O)[C@@H]1[C@H](C(=O)O)[C@@H]1c1ccccc1. The lowest BCUT2D eigenvalue weighted by molar-refractivity contribution is -0.138. The van der Waals surface area contributed by atoms with Crippen LogP contribution in [0.2, 0.25) is 0 Å². The molecular formula is C12H14O4S. The Balaban J connectivity index is 2.34. The van der Waals surface area contributed by atoms with Gasteiger partial charge in [0.25, 0.3) is 0 Å². The van der Waals surface area contributed by atoms with E-state index in [0.717, 1.165) is 5.56 Å². The van der Waals surface area contributed by atoms with Crippen LogP contribution in [0.25, 0.3) is 0 Å². The molecule has 0 unspecified atom stereocenters. The quantitative estimate of drug-likeness (QED) is 0.878. The summed E-state index contributed by atoms with van der Waals surface area (Å²) in [4.78, 5) is 11.1. The van der Waals surface area contributed by atoms with E-state index in [9.17, 15) is 13.2 Å². The van der Waals surface area contributed by atoms with Gasteiger partial charge in [0.15, 0.2) is 9.84 Å². The molecule has 5 heteroatoms. The van der Waals surface area contributed by atoms with Gasteiger partial charge in [0.1, 0.15) is 0 Å². The minimum absolute atomic E-state index is 0.00915. The molecule has 1 aromatic carbocycles. The highest BCUT2D eigenvalue weighted by atomic mass is 32.2. The Kier molecular flexibility index (Phi) is 2.95. The summed E-state index contributed by atoms with van der Waals surface area (Å²) < 4.78 is 23.6. The zero-order chi connectivity index (χ0) is 12.6. The van der Waals surface area contributed by atoms with E-state index >= 15 is 0 Å². The summed E-state index contributed by atoms with van der Waals surface area (Å²) in [6.45, 7) is 1.55. The molecule has 0 amide bonds. The van der Waals surface area contributed by atoms with Gasteiger partial charge in [-0.1, -0.05) is 37.3 Å². The molecule has 1 N–H and O–H groups in total. The van der Waals surface area contributed by atoms with E-state index in [4.69, 9.17) is 5.11 Å². The first-order valence-electron chi connectivity index (χ1n) is 5.48. The topological polar surface area (TPSA) is 71.4 Å². The van der Waals surface area contributed by atoms with Gasteiger partial charge in [-0.3, -0.25) is 4.79 Å². The summed E-state index contributed by atoms with van der Waals surface area (Å²) >= 11 is 0. The van der Waals surface area contributed by atoms with E-state index in [1.165, 1.54) is 0 Å². The Hall–Kier alpha value is -1.36. The van der Waals surface area contributed by atoms with E-state index in [-0.39, 0.29) is 5.75 Å². The standard InChI is InChI=1S/C12H14O4S/c1-2-17(15,16)11-9(10(11)12(13)14)8-6-4-3-5-7-8/h3-7,9-11H,2H2,1H3,(H,13,14)/t9-,10+,11-/m0/s1. The predicted molar refractivity (Wildman–Crippen MR) is 63.6 cm³/mol. The summed E-state index contributed by atoms with van der Waals surface area (Å²) in [6.07, 6.45) is 0. The van der Waals surface area contributed by atoms with Gasteiger partial charge >= 0.3 is 5.97 Å². The molecule has 4 nitrogen and oxygen atoms in total. The number of sulfone groups is 1. The third-order valence-electron chi connectivity index (χ3n) is 3.24. The van der Waals surface area contributed by atoms with E-state index < -0.39 is 32.9 Å². The van der Waals surface area contributed by atoms with Crippen molar-refractivity contribution in [2.45, 2.75) is 18.1 Å². The van der Waals surface area contributed by atoms with Crippen LogP contribution in [0.3, 0.4) is 0 Å². The Morgan fingerprint density at radius 2 is 1.88 bits per heavy atom. The predicted octanol–water partition coefficient (Wildman–Crippen LogP) is 1.29. The van der Waals surface area contributed by atoms with Crippen LogP contribution in [-0.2, 0) is 14.6 Å². The van der Waals surface area contributed by atoms with Crippen molar-refractivity contribution in [3.63, 3.8) is 0 Å². The van der Waals surface area contributed by atoms with Gasteiger partial charge in [0, 0.05) is 11.7 Å². The molecule has 3 atom stereocenters. The minimum atomic E-state index is -3.30. The zero-order valence-corrected chi connectivity index (χ0v) is 10.2. The number of hydrogen-bond donors (Lipinski definition) is 1. The van der Waals surface area contributed by atoms with E-state index in [2.05, 4.69) is 0 Å². The molecule has 0 aliphatic heterocycles. The fourth-order valence-electron chi connectivity index (χ4n) is 2.29. The van der Waals surface area contributed by atoms with E-state index in [1.54, 1.807) is 31.2 Å². The molecule has 0 saturated heterocycles. The second-order valence-electron chi connectivity index (χ2n) is 4.22. The summed E-state index contributed by atoms with van der Waals surface area (Å²) in [5.41, 5.74) is 0.793. The molecule has 1 aliphatic rings. The number of aliphatic carboxylic acids is 1. The highest BCUT2D eigenvalue weighted by molar-refractivity contribution is 7.92. The molecular weight excluding hydrogens is 240 g/mol. The maximum Gasteiger partial charge on any atom is 0.308 e. The minimum Gasteiger partial charge on any atom is -0.481 e. The van der Waals surface area contributed by atoms with Crippen LogP contribution in [0.15, 0.2) is 30.3 Å². The van der Waals surface area contributed by atoms with Gasteiger partial charge in [-0.05, 0) is 5.56 Å². The fourth-order valence-corrected chi connectivity index (χ4v) is 4.09. The molecule has 0 radical (unpaired) electrons. The number of carboxylic acid groups (broad SMARTS) is 1. The fraction of sp³-hybridized carbons (Fsp3) is 0.417. The summed E-state index contributed by atoms with van der Waals surface area (Å²) in [5, 5.41) is 8.29. The second-order valence-corrected chi connectivity index (χ2v) is 6.66. The highest BCUT2D eigenvalue weighted by Gasteiger charge is 2.62. The molecule has 0 aromatic heterocycles. The highest BCUT2D eigenvalue weighted by Crippen LogP contribution is 2.52. The third kappa shape index (κ3) is 2.07. The van der Waals surface area contributed by atoms with Gasteiger partial charge in [0.2, 0.25) is 0 Å². The van der Waals surface area contributed by atoms with Crippen LogP contribution in [0.4, 0.5) is 0 Å². The average Bonchev–Trinajstić information content (AvgIpc) is 3.06. The molecule has 92 valence electrons. The smallest absolute Gasteiger partial charge is 0.308 e. The first kappa shape index (κ1) is 12.1. The van der Waals surface area contributed by atoms with Crippen LogP contribution < -0.4 is 0 Å². The number of rotatable bonds is 4. The van der Waals surface area contributed by atoms with Crippen molar-refractivity contribution in [3.05, 3.63) is 35.9 Å². The zero-order valence-electron chi connectivity index (χ0n) is 9.41. The van der Waals surface area contributed by atoms with Crippen LogP contribution >= 0.6 is 0 Å². The van der Waals surface area contributed by atoms with Crippen molar-refractivity contribution in [3.8, 4) is 0 Å². The van der Waals surface area contributed by atoms with Crippen molar-refractivity contribution in [1.29, 1.82) is 0 Å². The number of carbonyl (C=O) groups is 1. The van der Waals surface area contributed by atoms with Crippen LogP contribution in [-0.4, -0.2) is 30.5 Å². The Labute approximate surface area is 100 Å². The number of carboxylic acids is 1. The van der Waals surface area contributed by atoms with Crippen LogP contribution in [0.1, 0.15) is 18.4 Å². The summed E-state index contributed by atoms with van der Waals surface area (Å²) in [6, 6.07) is 8.98. The molecule has 17 heavy (non-hydrogen) atoms. The molecule has 1 saturated carbocycles. The lowest BCUT2D eigenvalue weighted by Gasteiger charge is -1.99. The first-order valence-corrected chi connectivity index (χ1v) is 7.20. The summed E-state index contributed by atoms with van der Waals surface area (Å²) in [7, 11) is -3.30. The van der Waals surface area contributed by atoms with E-state index in [0.29, 0.717) is 0 Å². The molecule has 1 aliphatic carbocycles. The monoisotopic (exact) mass is 254 g/mol. The van der Waals surface area contributed by atoms with Crippen LogP contribution in [0, 0.1) is 5.92 Å². The van der Waals surface area contributed by atoms with Gasteiger partial charge in [0.05, 0.1) is 11.2 Å². The molecule has 0 heterocycles. The normalized spacial score (nSPS) is 27.7. The Bertz CT molecular complexity index is 521. The Morgan fingerprint density at radius 1 is 1.29 bits per heavy atom. The maximum atomic E-state index is 11.8. The summed E-state index contributed by atoms with van der Waals surface area (Å²) in [5.74, 6) is -2.22. The molecule has 1 aromatic rings. The lowest BCUT2D eigenvalue weighted by atomic mass is 10.1. The maximum absolute atomic E-state index is 11.8. The van der Waals surface area contributed by atoms with Crippen molar-refractivity contribution < 1.29 is 18.3 Å². The molecule has 1 fully saturated rings. The first-order chi connectivity index (χ1) is 7.99. The van der Waals surface area contributed by atoms with Gasteiger partial charge in [-0.2, -0.15) is 0 Å². The number of benzene rings is 1. The lowest BCUT2D eigenvalue weighted by Crippen LogP contribution is -2.14. The third-order valence-corrected chi connectivity index (χ3v) is 5.46. The van der Waals surface area contributed by atoms with Gasteiger partial charge in [-0.15, -0.1) is 0 Å².